The summed E-state index contributed by atoms with van der Waals surface area (Å²) in [6.07, 6.45) is -0.149. The molecule has 0 heterocycles. The Bertz CT molecular complexity index is 482. The number of ether oxygens (including phenoxy) is 2. The van der Waals surface area contributed by atoms with E-state index < -0.39 is 12.1 Å². The summed E-state index contributed by atoms with van der Waals surface area (Å²) in [6.45, 7) is 3.68. The van der Waals surface area contributed by atoms with Gasteiger partial charge in [-0.3, -0.25) is 9.59 Å². The number of hydrogen-bond acceptors (Lipinski definition) is 5. The molecule has 6 nitrogen and oxygen atoms in total. The minimum atomic E-state index is -0.780. The highest BCUT2D eigenvalue weighted by Gasteiger charge is 2.22. The number of esters is 1. The number of hydrogen-bond donors (Lipinski definition) is 2. The van der Waals surface area contributed by atoms with Gasteiger partial charge < -0.3 is 20.5 Å². The molecule has 0 fully saturated rings. The topological polar surface area (TPSA) is 90.6 Å². The van der Waals surface area contributed by atoms with Crippen LogP contribution in [0.15, 0.2) is 30.3 Å². The second-order valence-electron chi connectivity index (χ2n) is 5.28. The highest BCUT2D eigenvalue weighted by atomic mass is 35.5. The predicted molar refractivity (Wildman–Crippen MR) is 90.3 cm³/mol. The molecule has 0 aliphatic heterocycles. The lowest BCUT2D eigenvalue weighted by atomic mass is 10.0. The number of nitrogens with two attached hydrogens (primary N) is 1. The summed E-state index contributed by atoms with van der Waals surface area (Å²) in [6, 6.07) is 7.98. The Labute approximate surface area is 143 Å². The fourth-order valence-corrected chi connectivity index (χ4v) is 1.95. The summed E-state index contributed by atoms with van der Waals surface area (Å²) in [5, 5.41) is 2.78. The van der Waals surface area contributed by atoms with E-state index in [-0.39, 0.29) is 43.4 Å². The van der Waals surface area contributed by atoms with Gasteiger partial charge in [0.2, 0.25) is 5.91 Å². The van der Waals surface area contributed by atoms with Crippen LogP contribution in [0.3, 0.4) is 0 Å². The minimum Gasteiger partial charge on any atom is -0.463 e. The zero-order valence-electron chi connectivity index (χ0n) is 13.7. The van der Waals surface area contributed by atoms with Crippen molar-refractivity contribution in [1.82, 2.24) is 5.32 Å². The Morgan fingerprint density at radius 1 is 1.22 bits per heavy atom. The predicted octanol–water partition coefficient (Wildman–Crippen LogP) is 1.58. The van der Waals surface area contributed by atoms with Crippen molar-refractivity contribution in [3.8, 4) is 0 Å². The van der Waals surface area contributed by atoms with Crippen molar-refractivity contribution < 1.29 is 19.1 Å². The second-order valence-corrected chi connectivity index (χ2v) is 5.28. The van der Waals surface area contributed by atoms with E-state index in [1.807, 2.05) is 30.3 Å². The number of nitrogens with one attached hydrogen (secondary N) is 1. The number of methoxy groups -OCH3 is 1. The lowest BCUT2D eigenvalue weighted by molar-refractivity contribution is -0.148. The van der Waals surface area contributed by atoms with Crippen LogP contribution in [0.2, 0.25) is 0 Å². The fourth-order valence-electron chi connectivity index (χ4n) is 1.95. The second kappa shape index (κ2) is 11.0. The molecule has 130 valence electrons. The largest absolute Gasteiger partial charge is 0.463 e. The average molecular weight is 345 g/mol. The summed E-state index contributed by atoms with van der Waals surface area (Å²) < 4.78 is 10.0. The number of halogens is 1. The molecular formula is C16H25ClN2O4. The molecular weight excluding hydrogens is 320 g/mol. The monoisotopic (exact) mass is 344 g/mol. The Balaban J connectivity index is 0.00000484. The Hall–Kier alpha value is -1.63. The molecule has 1 amide bonds. The molecule has 0 saturated heterocycles. The van der Waals surface area contributed by atoms with Crippen LogP contribution in [0.5, 0.6) is 0 Å². The van der Waals surface area contributed by atoms with Crippen molar-refractivity contribution in [1.29, 1.82) is 0 Å². The molecule has 0 aliphatic carbocycles. The first-order chi connectivity index (χ1) is 10.4. The molecule has 0 aromatic heterocycles. The summed E-state index contributed by atoms with van der Waals surface area (Å²) in [5.74, 6) is -0.738. The molecule has 1 aromatic carbocycles. The zero-order valence-corrected chi connectivity index (χ0v) is 14.5. The maximum Gasteiger partial charge on any atom is 0.308 e. The maximum absolute atomic E-state index is 12.1. The SMILES string of the molecule is COCC(N)C(=O)NC(CC(=O)OC(C)C)c1ccccc1.Cl. The first-order valence-electron chi connectivity index (χ1n) is 7.23. The van der Waals surface area contributed by atoms with Crippen LogP contribution in [0.1, 0.15) is 31.9 Å². The summed E-state index contributed by atoms with van der Waals surface area (Å²) in [5.41, 5.74) is 6.53. The highest BCUT2D eigenvalue weighted by Crippen LogP contribution is 2.17. The summed E-state index contributed by atoms with van der Waals surface area (Å²) >= 11 is 0. The average Bonchev–Trinajstić information content (AvgIpc) is 2.46. The molecule has 2 unspecified atom stereocenters. The molecule has 0 radical (unpaired) electrons. The molecule has 0 aliphatic rings. The van der Waals surface area contributed by atoms with Gasteiger partial charge in [-0.15, -0.1) is 12.4 Å². The van der Waals surface area contributed by atoms with E-state index in [2.05, 4.69) is 5.32 Å². The Morgan fingerprint density at radius 2 is 1.83 bits per heavy atom. The number of carbonyl (C=O) groups excluding carboxylic acids is 2. The van der Waals surface area contributed by atoms with Crippen molar-refractivity contribution in [3.05, 3.63) is 35.9 Å². The molecule has 1 aromatic rings. The van der Waals surface area contributed by atoms with E-state index >= 15 is 0 Å². The van der Waals surface area contributed by atoms with Crippen molar-refractivity contribution in [2.45, 2.75) is 38.5 Å². The van der Waals surface area contributed by atoms with Crippen LogP contribution in [0.25, 0.3) is 0 Å². The molecule has 3 N–H and O–H groups in total. The minimum absolute atomic E-state index is 0. The van der Waals surface area contributed by atoms with Gasteiger partial charge in [0.05, 0.1) is 25.2 Å². The van der Waals surface area contributed by atoms with Gasteiger partial charge in [0.25, 0.3) is 0 Å². The van der Waals surface area contributed by atoms with Crippen LogP contribution >= 0.6 is 12.4 Å². The molecule has 1 rings (SSSR count). The van der Waals surface area contributed by atoms with Crippen LogP contribution in [0, 0.1) is 0 Å². The van der Waals surface area contributed by atoms with Crippen molar-refractivity contribution in [2.24, 2.45) is 5.73 Å². The third-order valence-corrected chi connectivity index (χ3v) is 2.94. The van der Waals surface area contributed by atoms with Crippen LogP contribution < -0.4 is 11.1 Å². The maximum atomic E-state index is 12.1. The third kappa shape index (κ3) is 7.97. The first kappa shape index (κ1) is 21.4. The third-order valence-electron chi connectivity index (χ3n) is 2.94. The quantitative estimate of drug-likeness (QED) is 0.699. The summed E-state index contributed by atoms with van der Waals surface area (Å²) in [7, 11) is 1.47. The molecule has 2 atom stereocenters. The lowest BCUT2D eigenvalue weighted by Gasteiger charge is -2.21. The number of rotatable bonds is 8. The first-order valence-corrected chi connectivity index (χ1v) is 7.23. The molecule has 23 heavy (non-hydrogen) atoms. The van der Waals surface area contributed by atoms with Crippen molar-refractivity contribution in [3.63, 3.8) is 0 Å². The van der Waals surface area contributed by atoms with E-state index in [1.54, 1.807) is 13.8 Å². The summed E-state index contributed by atoms with van der Waals surface area (Å²) in [4.78, 5) is 23.9. The van der Waals surface area contributed by atoms with Crippen LogP contribution in [0.4, 0.5) is 0 Å². The number of benzene rings is 1. The van der Waals surface area contributed by atoms with Gasteiger partial charge >= 0.3 is 5.97 Å². The van der Waals surface area contributed by atoms with E-state index in [0.29, 0.717) is 0 Å². The van der Waals surface area contributed by atoms with E-state index in [4.69, 9.17) is 15.2 Å². The van der Waals surface area contributed by atoms with Gasteiger partial charge in [-0.2, -0.15) is 0 Å². The van der Waals surface area contributed by atoms with Gasteiger partial charge in [0.1, 0.15) is 6.04 Å². The molecule has 0 spiro atoms. The highest BCUT2D eigenvalue weighted by molar-refractivity contribution is 5.85. The smallest absolute Gasteiger partial charge is 0.308 e. The van der Waals surface area contributed by atoms with Gasteiger partial charge in [-0.1, -0.05) is 30.3 Å². The van der Waals surface area contributed by atoms with E-state index in [9.17, 15) is 9.59 Å². The van der Waals surface area contributed by atoms with Gasteiger partial charge in [-0.25, -0.2) is 0 Å². The van der Waals surface area contributed by atoms with E-state index in [0.717, 1.165) is 5.56 Å². The fraction of sp³-hybridized carbons (Fsp3) is 0.500. The van der Waals surface area contributed by atoms with Crippen molar-refractivity contribution in [2.75, 3.05) is 13.7 Å². The van der Waals surface area contributed by atoms with Gasteiger partial charge in [-0.05, 0) is 19.4 Å². The van der Waals surface area contributed by atoms with Crippen LogP contribution in [-0.4, -0.2) is 37.7 Å². The molecule has 0 bridgehead atoms. The van der Waals surface area contributed by atoms with E-state index in [1.165, 1.54) is 7.11 Å². The normalized spacial score (nSPS) is 12.9. The van der Waals surface area contributed by atoms with Crippen molar-refractivity contribution >= 4 is 24.3 Å². The lowest BCUT2D eigenvalue weighted by Crippen LogP contribution is -2.45. The zero-order chi connectivity index (χ0) is 16.5. The Morgan fingerprint density at radius 3 is 2.35 bits per heavy atom. The van der Waals surface area contributed by atoms with Crippen LogP contribution in [-0.2, 0) is 19.1 Å². The van der Waals surface area contributed by atoms with Gasteiger partial charge in [0, 0.05) is 7.11 Å². The standard InChI is InChI=1S/C16H24N2O4.ClH/c1-11(2)22-15(19)9-14(12-7-5-4-6-8-12)18-16(20)13(17)10-21-3;/h4-8,11,13-14H,9-10,17H2,1-3H3,(H,18,20);1H. The Kier molecular flexibility index (Phi) is 10.2. The van der Waals surface area contributed by atoms with Gasteiger partial charge in [0.15, 0.2) is 0 Å². The number of amides is 1. The molecule has 7 heteroatoms. The number of carbonyl (C=O) groups is 2. The molecule has 0 saturated carbocycles.